The zero-order chi connectivity index (χ0) is 12.8. The summed E-state index contributed by atoms with van der Waals surface area (Å²) in [5, 5.41) is 3.01. The largest absolute Gasteiger partial charge is 0.497 e. The van der Waals surface area contributed by atoms with E-state index in [0.717, 1.165) is 17.1 Å². The summed E-state index contributed by atoms with van der Waals surface area (Å²) in [6.45, 7) is 2.06. The first kappa shape index (κ1) is 13.3. The van der Waals surface area contributed by atoms with Gasteiger partial charge in [-0.05, 0) is 25.1 Å². The molecule has 0 saturated heterocycles. The Labute approximate surface area is 101 Å². The second kappa shape index (κ2) is 6.10. The molecule has 0 saturated carbocycles. The van der Waals surface area contributed by atoms with Crippen LogP contribution in [0.25, 0.3) is 0 Å². The van der Waals surface area contributed by atoms with Crippen molar-refractivity contribution in [2.24, 2.45) is 5.73 Å². The fourth-order valence-corrected chi connectivity index (χ4v) is 1.54. The maximum Gasteiger partial charge on any atom is 0.231 e. The third-order valence-corrected chi connectivity index (χ3v) is 2.49. The van der Waals surface area contributed by atoms with Crippen LogP contribution in [0.5, 0.6) is 11.5 Å². The molecule has 94 valence electrons. The van der Waals surface area contributed by atoms with E-state index in [1.165, 1.54) is 0 Å². The molecule has 3 N–H and O–H groups in total. The Bertz CT molecular complexity index is 393. The lowest BCUT2D eigenvalue weighted by Crippen LogP contribution is -2.30. The van der Waals surface area contributed by atoms with Gasteiger partial charge in [-0.2, -0.15) is 0 Å². The number of carbonyl (C=O) groups is 1. The van der Waals surface area contributed by atoms with Crippen molar-refractivity contribution in [1.82, 2.24) is 5.32 Å². The highest BCUT2D eigenvalue weighted by atomic mass is 16.5. The SMILES string of the molecule is COc1ccc(OC)c(C(C)NCC(N)=O)c1. The molecule has 0 fully saturated rings. The van der Waals surface area contributed by atoms with E-state index in [9.17, 15) is 4.79 Å². The second-order valence-electron chi connectivity index (χ2n) is 3.68. The van der Waals surface area contributed by atoms with E-state index in [-0.39, 0.29) is 12.6 Å². The minimum absolute atomic E-state index is 0.0486. The number of nitrogens with one attached hydrogen (secondary N) is 1. The van der Waals surface area contributed by atoms with Crippen LogP contribution in [0, 0.1) is 0 Å². The Kier molecular flexibility index (Phi) is 4.78. The summed E-state index contributed by atoms with van der Waals surface area (Å²) in [5.41, 5.74) is 6.01. The summed E-state index contributed by atoms with van der Waals surface area (Å²) in [6.07, 6.45) is 0. The summed E-state index contributed by atoms with van der Waals surface area (Å²) >= 11 is 0. The molecule has 1 unspecified atom stereocenters. The number of hydrogen-bond donors (Lipinski definition) is 2. The van der Waals surface area contributed by atoms with Crippen molar-refractivity contribution in [2.75, 3.05) is 20.8 Å². The zero-order valence-electron chi connectivity index (χ0n) is 10.3. The van der Waals surface area contributed by atoms with Crippen LogP contribution in [0.4, 0.5) is 0 Å². The summed E-state index contributed by atoms with van der Waals surface area (Å²) < 4.78 is 10.4. The average Bonchev–Trinajstić information content (AvgIpc) is 2.34. The highest BCUT2D eigenvalue weighted by Crippen LogP contribution is 2.28. The van der Waals surface area contributed by atoms with Crippen LogP contribution in [-0.2, 0) is 4.79 Å². The minimum atomic E-state index is -0.390. The van der Waals surface area contributed by atoms with Gasteiger partial charge in [-0.3, -0.25) is 4.79 Å². The summed E-state index contributed by atoms with van der Waals surface area (Å²) in [6, 6.07) is 5.48. The van der Waals surface area contributed by atoms with Gasteiger partial charge in [0.05, 0.1) is 20.8 Å². The first-order valence-electron chi connectivity index (χ1n) is 5.32. The molecule has 0 bridgehead atoms. The topological polar surface area (TPSA) is 73.6 Å². The Morgan fingerprint density at radius 2 is 2.12 bits per heavy atom. The minimum Gasteiger partial charge on any atom is -0.497 e. The van der Waals surface area contributed by atoms with E-state index in [1.807, 2.05) is 25.1 Å². The van der Waals surface area contributed by atoms with E-state index in [2.05, 4.69) is 5.32 Å². The number of primary amides is 1. The first-order valence-corrected chi connectivity index (χ1v) is 5.32. The third-order valence-electron chi connectivity index (χ3n) is 2.49. The van der Waals surface area contributed by atoms with Crippen molar-refractivity contribution in [3.8, 4) is 11.5 Å². The monoisotopic (exact) mass is 238 g/mol. The van der Waals surface area contributed by atoms with Crippen LogP contribution >= 0.6 is 0 Å². The number of methoxy groups -OCH3 is 2. The Morgan fingerprint density at radius 3 is 2.65 bits per heavy atom. The molecule has 5 heteroatoms. The molecule has 0 aliphatic heterocycles. The van der Waals surface area contributed by atoms with Crippen molar-refractivity contribution in [1.29, 1.82) is 0 Å². The molecule has 1 amide bonds. The Morgan fingerprint density at radius 1 is 1.41 bits per heavy atom. The fourth-order valence-electron chi connectivity index (χ4n) is 1.54. The van der Waals surface area contributed by atoms with Crippen molar-refractivity contribution < 1.29 is 14.3 Å². The normalized spacial score (nSPS) is 11.9. The number of rotatable bonds is 6. The first-order chi connectivity index (χ1) is 8.08. The van der Waals surface area contributed by atoms with Gasteiger partial charge in [0.1, 0.15) is 11.5 Å². The number of benzene rings is 1. The molecule has 1 aromatic rings. The molecule has 0 aromatic heterocycles. The summed E-state index contributed by atoms with van der Waals surface area (Å²) in [4.78, 5) is 10.7. The standard InChI is InChI=1S/C12H18N2O3/c1-8(14-7-12(13)15)10-6-9(16-2)4-5-11(10)17-3/h4-6,8,14H,7H2,1-3H3,(H2,13,15). The lowest BCUT2D eigenvalue weighted by molar-refractivity contribution is -0.117. The van der Waals surface area contributed by atoms with E-state index in [1.54, 1.807) is 14.2 Å². The molecular formula is C12H18N2O3. The number of carbonyl (C=O) groups excluding carboxylic acids is 1. The summed E-state index contributed by atoms with van der Waals surface area (Å²) in [7, 11) is 3.21. The van der Waals surface area contributed by atoms with Gasteiger partial charge >= 0.3 is 0 Å². The predicted molar refractivity (Wildman–Crippen MR) is 65.2 cm³/mol. The van der Waals surface area contributed by atoms with E-state index in [0.29, 0.717) is 0 Å². The molecule has 1 rings (SSSR count). The van der Waals surface area contributed by atoms with Crippen LogP contribution < -0.4 is 20.5 Å². The molecule has 0 spiro atoms. The van der Waals surface area contributed by atoms with Crippen LogP contribution in [0.15, 0.2) is 18.2 Å². The number of ether oxygens (including phenoxy) is 2. The second-order valence-corrected chi connectivity index (χ2v) is 3.68. The highest BCUT2D eigenvalue weighted by Gasteiger charge is 2.12. The predicted octanol–water partition coefficient (Wildman–Crippen LogP) is 0.840. The maximum absolute atomic E-state index is 10.7. The quantitative estimate of drug-likeness (QED) is 0.770. The van der Waals surface area contributed by atoms with Crippen molar-refractivity contribution in [3.05, 3.63) is 23.8 Å². The van der Waals surface area contributed by atoms with Crippen molar-refractivity contribution in [3.63, 3.8) is 0 Å². The molecule has 5 nitrogen and oxygen atoms in total. The average molecular weight is 238 g/mol. The third kappa shape index (κ3) is 3.64. The van der Waals surface area contributed by atoms with Crippen LogP contribution in [-0.4, -0.2) is 26.7 Å². The number of hydrogen-bond acceptors (Lipinski definition) is 4. The van der Waals surface area contributed by atoms with Crippen molar-refractivity contribution >= 4 is 5.91 Å². The molecule has 1 aromatic carbocycles. The Hall–Kier alpha value is -1.75. The maximum atomic E-state index is 10.7. The van der Waals surface area contributed by atoms with E-state index >= 15 is 0 Å². The molecule has 17 heavy (non-hydrogen) atoms. The lowest BCUT2D eigenvalue weighted by Gasteiger charge is -2.17. The molecule has 0 radical (unpaired) electrons. The molecular weight excluding hydrogens is 220 g/mol. The molecule has 0 aliphatic rings. The number of amides is 1. The van der Waals surface area contributed by atoms with Gasteiger partial charge in [0.2, 0.25) is 5.91 Å². The van der Waals surface area contributed by atoms with E-state index in [4.69, 9.17) is 15.2 Å². The molecule has 1 atom stereocenters. The van der Waals surface area contributed by atoms with Gasteiger partial charge < -0.3 is 20.5 Å². The number of nitrogens with two attached hydrogens (primary N) is 1. The van der Waals surface area contributed by atoms with Crippen LogP contribution in [0.1, 0.15) is 18.5 Å². The van der Waals surface area contributed by atoms with Gasteiger partial charge in [0.15, 0.2) is 0 Å². The Balaban J connectivity index is 2.88. The molecule has 0 heterocycles. The smallest absolute Gasteiger partial charge is 0.231 e. The molecule has 0 aliphatic carbocycles. The van der Waals surface area contributed by atoms with Crippen LogP contribution in [0.2, 0.25) is 0 Å². The summed E-state index contributed by atoms with van der Waals surface area (Å²) in [5.74, 6) is 1.10. The lowest BCUT2D eigenvalue weighted by atomic mass is 10.1. The van der Waals surface area contributed by atoms with Crippen molar-refractivity contribution in [2.45, 2.75) is 13.0 Å². The highest BCUT2D eigenvalue weighted by molar-refractivity contribution is 5.75. The van der Waals surface area contributed by atoms with E-state index < -0.39 is 5.91 Å². The van der Waals surface area contributed by atoms with Gasteiger partial charge in [-0.1, -0.05) is 0 Å². The van der Waals surface area contributed by atoms with Crippen LogP contribution in [0.3, 0.4) is 0 Å². The van der Waals surface area contributed by atoms with Gasteiger partial charge in [-0.25, -0.2) is 0 Å². The van der Waals surface area contributed by atoms with Gasteiger partial charge in [0, 0.05) is 11.6 Å². The van der Waals surface area contributed by atoms with Gasteiger partial charge in [0.25, 0.3) is 0 Å². The zero-order valence-corrected chi connectivity index (χ0v) is 10.3. The fraction of sp³-hybridized carbons (Fsp3) is 0.417. The van der Waals surface area contributed by atoms with Gasteiger partial charge in [-0.15, -0.1) is 0 Å².